The smallest absolute Gasteiger partial charge is 0.429 e. The summed E-state index contributed by atoms with van der Waals surface area (Å²) in [5, 5.41) is 10.5. The molecule has 0 bridgehead atoms. The van der Waals surface area contributed by atoms with E-state index in [0.29, 0.717) is 0 Å². The maximum absolute atomic E-state index is 11.5. The van der Waals surface area contributed by atoms with Crippen LogP contribution in [0, 0.1) is 10.1 Å². The minimum Gasteiger partial charge on any atom is -0.429 e. The van der Waals surface area contributed by atoms with E-state index in [9.17, 15) is 14.9 Å². The molecule has 0 aliphatic rings. The monoisotopic (exact) mass is 319 g/mol. The Balaban J connectivity index is 1.85. The lowest BCUT2D eigenvalue weighted by atomic mass is 10.2. The first-order valence-electron chi connectivity index (χ1n) is 6.30. The molecule has 0 atom stereocenters. The van der Waals surface area contributed by atoms with Crippen molar-refractivity contribution >= 4 is 23.6 Å². The Kier molecular flexibility index (Phi) is 5.37. The SMILES string of the molecule is CSc1ccc(COC(=O)Oc2ccc([N+](=O)[O-])cc2)cc1. The van der Waals surface area contributed by atoms with Crippen LogP contribution in [0.25, 0.3) is 0 Å². The quantitative estimate of drug-likeness (QED) is 0.272. The van der Waals surface area contributed by atoms with Crippen LogP contribution < -0.4 is 4.74 Å². The van der Waals surface area contributed by atoms with E-state index in [4.69, 9.17) is 9.47 Å². The lowest BCUT2D eigenvalue weighted by molar-refractivity contribution is -0.384. The molecule has 6 nitrogen and oxygen atoms in total. The highest BCUT2D eigenvalue weighted by molar-refractivity contribution is 7.98. The molecule has 7 heteroatoms. The zero-order valence-electron chi connectivity index (χ0n) is 11.7. The number of carbonyl (C=O) groups is 1. The van der Waals surface area contributed by atoms with Gasteiger partial charge in [0.2, 0.25) is 0 Å². The number of nitro groups is 1. The number of hydrogen-bond acceptors (Lipinski definition) is 6. The molecule has 0 saturated carbocycles. The Bertz CT molecular complexity index is 655. The van der Waals surface area contributed by atoms with Crippen LogP contribution in [-0.4, -0.2) is 17.3 Å². The molecule has 0 unspecified atom stereocenters. The molecule has 2 aromatic carbocycles. The molecule has 0 aromatic heterocycles. The number of thioether (sulfide) groups is 1. The summed E-state index contributed by atoms with van der Waals surface area (Å²) in [4.78, 5) is 22.7. The summed E-state index contributed by atoms with van der Waals surface area (Å²) in [6, 6.07) is 12.8. The molecular formula is C15H13NO5S. The molecule has 0 radical (unpaired) electrons. The lowest BCUT2D eigenvalue weighted by Gasteiger charge is -2.06. The third-order valence-corrected chi connectivity index (χ3v) is 3.51. The molecule has 2 rings (SSSR count). The van der Waals surface area contributed by atoms with Gasteiger partial charge in [0.25, 0.3) is 5.69 Å². The van der Waals surface area contributed by atoms with Crippen LogP contribution in [0.15, 0.2) is 53.4 Å². The normalized spacial score (nSPS) is 10.0. The summed E-state index contributed by atoms with van der Waals surface area (Å²) >= 11 is 1.63. The second-order valence-electron chi connectivity index (χ2n) is 4.24. The third-order valence-electron chi connectivity index (χ3n) is 2.76. The number of ether oxygens (including phenoxy) is 2. The summed E-state index contributed by atoms with van der Waals surface area (Å²) in [7, 11) is 0. The van der Waals surface area contributed by atoms with Crippen molar-refractivity contribution in [2.24, 2.45) is 0 Å². The molecule has 0 amide bonds. The van der Waals surface area contributed by atoms with Crippen molar-refractivity contribution in [1.82, 2.24) is 0 Å². The van der Waals surface area contributed by atoms with Crippen LogP contribution in [0.3, 0.4) is 0 Å². The molecule has 0 fully saturated rings. The molecule has 114 valence electrons. The maximum atomic E-state index is 11.5. The zero-order valence-corrected chi connectivity index (χ0v) is 12.5. The van der Waals surface area contributed by atoms with Crippen LogP contribution in [0.5, 0.6) is 5.75 Å². The predicted molar refractivity (Wildman–Crippen MR) is 82.1 cm³/mol. The first-order valence-corrected chi connectivity index (χ1v) is 7.53. The van der Waals surface area contributed by atoms with Crippen LogP contribution in [0.4, 0.5) is 10.5 Å². The average Bonchev–Trinajstić information content (AvgIpc) is 2.54. The molecule has 0 heterocycles. The first kappa shape index (κ1) is 15.8. The van der Waals surface area contributed by atoms with E-state index in [1.54, 1.807) is 11.8 Å². The fraction of sp³-hybridized carbons (Fsp3) is 0.133. The Morgan fingerprint density at radius 2 is 1.77 bits per heavy atom. The zero-order chi connectivity index (χ0) is 15.9. The van der Waals surface area contributed by atoms with Gasteiger partial charge in [0.1, 0.15) is 12.4 Å². The van der Waals surface area contributed by atoms with Gasteiger partial charge < -0.3 is 9.47 Å². The van der Waals surface area contributed by atoms with Gasteiger partial charge in [0.15, 0.2) is 0 Å². The molecular weight excluding hydrogens is 306 g/mol. The van der Waals surface area contributed by atoms with Crippen molar-refractivity contribution in [3.05, 3.63) is 64.2 Å². The molecule has 0 N–H and O–H groups in total. The molecule has 0 spiro atoms. The number of nitro benzene ring substituents is 1. The highest BCUT2D eigenvalue weighted by atomic mass is 32.2. The minimum atomic E-state index is -0.859. The van der Waals surface area contributed by atoms with Gasteiger partial charge in [-0.25, -0.2) is 4.79 Å². The third kappa shape index (κ3) is 4.49. The van der Waals surface area contributed by atoms with Gasteiger partial charge in [-0.2, -0.15) is 0 Å². The molecule has 0 aliphatic carbocycles. The summed E-state index contributed by atoms with van der Waals surface area (Å²) in [5.74, 6) is 0.188. The van der Waals surface area contributed by atoms with Crippen molar-refractivity contribution in [2.75, 3.05) is 6.26 Å². The summed E-state index contributed by atoms with van der Waals surface area (Å²) in [6.07, 6.45) is 1.12. The summed E-state index contributed by atoms with van der Waals surface area (Å²) in [6.45, 7) is 0.0977. The lowest BCUT2D eigenvalue weighted by Crippen LogP contribution is -2.10. The Morgan fingerprint density at radius 3 is 2.32 bits per heavy atom. The standard InChI is InChI=1S/C15H13NO5S/c1-22-14-8-2-11(3-9-14)10-20-15(17)21-13-6-4-12(5-7-13)16(18)19/h2-9H,10H2,1H3. The van der Waals surface area contributed by atoms with E-state index in [-0.39, 0.29) is 18.0 Å². The number of carbonyl (C=O) groups excluding carboxylic acids is 1. The molecule has 0 saturated heterocycles. The summed E-state index contributed by atoms with van der Waals surface area (Å²) < 4.78 is 9.91. The van der Waals surface area contributed by atoms with Crippen LogP contribution in [0.1, 0.15) is 5.56 Å². The number of non-ortho nitro benzene ring substituents is 1. The number of nitrogens with zero attached hydrogens (tertiary/aromatic N) is 1. The fourth-order valence-electron chi connectivity index (χ4n) is 1.63. The highest BCUT2D eigenvalue weighted by Crippen LogP contribution is 2.18. The van der Waals surface area contributed by atoms with Crippen molar-refractivity contribution in [3.8, 4) is 5.75 Å². The van der Waals surface area contributed by atoms with E-state index in [0.717, 1.165) is 10.5 Å². The average molecular weight is 319 g/mol. The Morgan fingerprint density at radius 1 is 1.14 bits per heavy atom. The second kappa shape index (κ2) is 7.46. The Labute approximate surface area is 131 Å². The largest absolute Gasteiger partial charge is 0.514 e. The van der Waals surface area contributed by atoms with E-state index in [1.807, 2.05) is 30.5 Å². The number of hydrogen-bond donors (Lipinski definition) is 0. The van der Waals surface area contributed by atoms with E-state index >= 15 is 0 Å². The molecule has 22 heavy (non-hydrogen) atoms. The van der Waals surface area contributed by atoms with Crippen LogP contribution in [-0.2, 0) is 11.3 Å². The van der Waals surface area contributed by atoms with E-state index in [1.165, 1.54) is 24.3 Å². The molecule has 2 aromatic rings. The fourth-order valence-corrected chi connectivity index (χ4v) is 2.03. The minimum absolute atomic E-state index is 0.0744. The Hall–Kier alpha value is -2.54. The van der Waals surface area contributed by atoms with Gasteiger partial charge in [-0.15, -0.1) is 11.8 Å². The van der Waals surface area contributed by atoms with Crippen LogP contribution >= 0.6 is 11.8 Å². The van der Waals surface area contributed by atoms with Gasteiger partial charge in [-0.05, 0) is 36.1 Å². The first-order chi connectivity index (χ1) is 10.6. The van der Waals surface area contributed by atoms with E-state index in [2.05, 4.69) is 0 Å². The number of benzene rings is 2. The van der Waals surface area contributed by atoms with Gasteiger partial charge in [-0.3, -0.25) is 10.1 Å². The van der Waals surface area contributed by atoms with Gasteiger partial charge >= 0.3 is 6.16 Å². The highest BCUT2D eigenvalue weighted by Gasteiger charge is 2.09. The topological polar surface area (TPSA) is 78.7 Å². The number of rotatable bonds is 5. The maximum Gasteiger partial charge on any atom is 0.514 e. The van der Waals surface area contributed by atoms with E-state index < -0.39 is 11.1 Å². The predicted octanol–water partition coefficient (Wildman–Crippen LogP) is 4.03. The molecule has 0 aliphatic heterocycles. The second-order valence-corrected chi connectivity index (χ2v) is 5.12. The van der Waals surface area contributed by atoms with Crippen LogP contribution in [0.2, 0.25) is 0 Å². The van der Waals surface area contributed by atoms with Crippen molar-refractivity contribution in [1.29, 1.82) is 0 Å². The van der Waals surface area contributed by atoms with Crippen molar-refractivity contribution in [2.45, 2.75) is 11.5 Å². The van der Waals surface area contributed by atoms with Gasteiger partial charge in [0, 0.05) is 17.0 Å². The summed E-state index contributed by atoms with van der Waals surface area (Å²) in [5.41, 5.74) is 0.771. The van der Waals surface area contributed by atoms with Crippen molar-refractivity contribution < 1.29 is 19.2 Å². The van der Waals surface area contributed by atoms with Gasteiger partial charge in [0.05, 0.1) is 4.92 Å². The van der Waals surface area contributed by atoms with Gasteiger partial charge in [-0.1, -0.05) is 12.1 Å². The van der Waals surface area contributed by atoms with Crippen molar-refractivity contribution in [3.63, 3.8) is 0 Å².